The third-order valence-electron chi connectivity index (χ3n) is 2.31. The molecule has 1 heterocycles. The minimum Gasteiger partial charge on any atom is -0.456 e. The van der Waals surface area contributed by atoms with E-state index in [0.29, 0.717) is 16.8 Å². The minimum absolute atomic E-state index is 0.0988. The van der Waals surface area contributed by atoms with E-state index in [1.54, 1.807) is 42.6 Å². The van der Waals surface area contributed by atoms with Crippen LogP contribution in [0, 0.1) is 11.3 Å². The summed E-state index contributed by atoms with van der Waals surface area (Å²) >= 11 is 0. The molecule has 1 N–H and O–H groups in total. The summed E-state index contributed by atoms with van der Waals surface area (Å²) in [7, 11) is 0. The fraction of sp³-hybridized carbons (Fsp3) is 0.0769. The average molecular weight is 226 g/mol. The van der Waals surface area contributed by atoms with Crippen LogP contribution in [0.1, 0.15) is 21.6 Å². The van der Waals surface area contributed by atoms with Crippen LogP contribution in [0.5, 0.6) is 0 Å². The molecule has 0 spiro atoms. The molecule has 0 aliphatic heterocycles. The summed E-state index contributed by atoms with van der Waals surface area (Å²) in [6, 6.07) is 12.4. The molecule has 0 radical (unpaired) electrons. The van der Waals surface area contributed by atoms with Crippen molar-refractivity contribution < 1.29 is 9.53 Å². The maximum Gasteiger partial charge on any atom is 0.355 e. The molecule has 0 saturated heterocycles. The van der Waals surface area contributed by atoms with Crippen molar-refractivity contribution >= 4 is 5.97 Å². The van der Waals surface area contributed by atoms with Crippen LogP contribution in [-0.2, 0) is 11.3 Å². The lowest BCUT2D eigenvalue weighted by Crippen LogP contribution is -2.06. The fourth-order valence-corrected chi connectivity index (χ4v) is 1.43. The molecule has 4 heteroatoms. The number of nitriles is 1. The number of hydrogen-bond donors (Lipinski definition) is 1. The summed E-state index contributed by atoms with van der Waals surface area (Å²) in [5, 5.41) is 8.87. The Balaban J connectivity index is 2.04. The first-order valence-electron chi connectivity index (χ1n) is 5.10. The van der Waals surface area contributed by atoms with Crippen molar-refractivity contribution in [2.45, 2.75) is 6.61 Å². The van der Waals surface area contributed by atoms with E-state index in [0.717, 1.165) is 0 Å². The van der Waals surface area contributed by atoms with E-state index in [2.05, 4.69) is 11.1 Å². The summed E-state index contributed by atoms with van der Waals surface area (Å²) in [6.45, 7) is 0.0988. The predicted octanol–water partition coefficient (Wildman–Crippen LogP) is 2.24. The molecule has 0 fully saturated rings. The molecule has 17 heavy (non-hydrogen) atoms. The lowest BCUT2D eigenvalue weighted by atomic mass is 10.1. The number of nitrogens with zero attached hydrogens (tertiary/aromatic N) is 1. The van der Waals surface area contributed by atoms with Crippen LogP contribution in [0.15, 0.2) is 42.6 Å². The van der Waals surface area contributed by atoms with Gasteiger partial charge in [-0.1, -0.05) is 18.2 Å². The maximum absolute atomic E-state index is 11.5. The number of carbonyl (C=O) groups excluding carboxylic acids is 1. The summed E-state index contributed by atoms with van der Waals surface area (Å²) in [5.41, 5.74) is 1.63. The van der Waals surface area contributed by atoms with Crippen LogP contribution in [0.25, 0.3) is 0 Å². The van der Waals surface area contributed by atoms with Gasteiger partial charge >= 0.3 is 5.97 Å². The standard InChI is InChI=1S/C13H10N2O2/c14-8-10-4-1-2-5-11(10)9-17-13(16)12-6-3-7-15-12/h1-7,15H,9H2. The normalized spacial score (nSPS) is 9.59. The maximum atomic E-state index is 11.5. The van der Waals surface area contributed by atoms with E-state index in [1.165, 1.54) is 0 Å². The van der Waals surface area contributed by atoms with Gasteiger partial charge in [0, 0.05) is 11.8 Å². The molecular formula is C13H10N2O2. The highest BCUT2D eigenvalue weighted by atomic mass is 16.5. The van der Waals surface area contributed by atoms with Gasteiger partial charge in [0.2, 0.25) is 0 Å². The van der Waals surface area contributed by atoms with Crippen LogP contribution >= 0.6 is 0 Å². The van der Waals surface area contributed by atoms with Crippen molar-refractivity contribution in [3.63, 3.8) is 0 Å². The van der Waals surface area contributed by atoms with E-state index in [-0.39, 0.29) is 6.61 Å². The quantitative estimate of drug-likeness (QED) is 0.816. The van der Waals surface area contributed by atoms with Gasteiger partial charge in [-0.2, -0.15) is 5.26 Å². The topological polar surface area (TPSA) is 65.9 Å². The largest absolute Gasteiger partial charge is 0.456 e. The Bertz CT molecular complexity index is 553. The number of benzene rings is 1. The zero-order chi connectivity index (χ0) is 12.1. The molecule has 0 bridgehead atoms. The molecule has 4 nitrogen and oxygen atoms in total. The van der Waals surface area contributed by atoms with Crippen molar-refractivity contribution in [3.05, 3.63) is 59.4 Å². The number of nitrogens with one attached hydrogen (secondary N) is 1. The zero-order valence-electron chi connectivity index (χ0n) is 9.01. The Hall–Kier alpha value is -2.54. The molecule has 0 unspecified atom stereocenters. The number of esters is 1. The first-order chi connectivity index (χ1) is 8.31. The smallest absolute Gasteiger partial charge is 0.355 e. The summed E-state index contributed by atoms with van der Waals surface area (Å²) in [6.07, 6.45) is 1.65. The summed E-state index contributed by atoms with van der Waals surface area (Å²) in [4.78, 5) is 14.3. The molecule has 2 rings (SSSR count). The van der Waals surface area contributed by atoms with Crippen LogP contribution in [0.4, 0.5) is 0 Å². The van der Waals surface area contributed by atoms with E-state index >= 15 is 0 Å². The SMILES string of the molecule is N#Cc1ccccc1COC(=O)c1ccc[nH]1. The molecular weight excluding hydrogens is 216 g/mol. The van der Waals surface area contributed by atoms with Crippen molar-refractivity contribution in [2.24, 2.45) is 0 Å². The first-order valence-corrected chi connectivity index (χ1v) is 5.10. The summed E-state index contributed by atoms with van der Waals surface area (Å²) in [5.74, 6) is -0.428. The number of hydrogen-bond acceptors (Lipinski definition) is 3. The molecule has 2 aromatic rings. The Morgan fingerprint density at radius 1 is 1.29 bits per heavy atom. The zero-order valence-corrected chi connectivity index (χ0v) is 9.01. The number of H-pyrrole nitrogens is 1. The highest BCUT2D eigenvalue weighted by molar-refractivity contribution is 5.87. The van der Waals surface area contributed by atoms with Crippen LogP contribution in [0.3, 0.4) is 0 Å². The van der Waals surface area contributed by atoms with E-state index < -0.39 is 5.97 Å². The number of rotatable bonds is 3. The minimum atomic E-state index is -0.428. The second-order valence-electron chi connectivity index (χ2n) is 3.43. The van der Waals surface area contributed by atoms with Crippen LogP contribution < -0.4 is 0 Å². The lowest BCUT2D eigenvalue weighted by Gasteiger charge is -2.04. The first kappa shape index (κ1) is 11.0. The number of aromatic nitrogens is 1. The highest BCUT2D eigenvalue weighted by Crippen LogP contribution is 2.10. The second-order valence-corrected chi connectivity index (χ2v) is 3.43. The van der Waals surface area contributed by atoms with Crippen LogP contribution in [-0.4, -0.2) is 11.0 Å². The second kappa shape index (κ2) is 4.99. The lowest BCUT2D eigenvalue weighted by molar-refractivity contribution is 0.0466. The van der Waals surface area contributed by atoms with Gasteiger partial charge < -0.3 is 9.72 Å². The Labute approximate surface area is 98.5 Å². The fourth-order valence-electron chi connectivity index (χ4n) is 1.43. The van der Waals surface area contributed by atoms with Crippen molar-refractivity contribution in [3.8, 4) is 6.07 Å². The third kappa shape index (κ3) is 2.52. The van der Waals surface area contributed by atoms with E-state index in [9.17, 15) is 4.79 Å². The van der Waals surface area contributed by atoms with E-state index in [1.807, 2.05) is 0 Å². The van der Waals surface area contributed by atoms with E-state index in [4.69, 9.17) is 10.00 Å². The predicted molar refractivity (Wildman–Crippen MR) is 61.1 cm³/mol. The molecule has 0 aliphatic rings. The molecule has 0 aliphatic carbocycles. The van der Waals surface area contributed by atoms with Crippen molar-refractivity contribution in [1.82, 2.24) is 4.98 Å². The van der Waals surface area contributed by atoms with Gasteiger partial charge in [-0.25, -0.2) is 4.79 Å². The molecule has 1 aromatic carbocycles. The number of ether oxygens (including phenoxy) is 1. The monoisotopic (exact) mass is 226 g/mol. The van der Waals surface area contributed by atoms with Gasteiger partial charge in [-0.05, 0) is 18.2 Å². The van der Waals surface area contributed by atoms with Gasteiger partial charge in [0.1, 0.15) is 12.3 Å². The Kier molecular flexibility index (Phi) is 3.22. The number of aromatic amines is 1. The van der Waals surface area contributed by atoms with Gasteiger partial charge in [0.15, 0.2) is 0 Å². The van der Waals surface area contributed by atoms with Crippen LogP contribution in [0.2, 0.25) is 0 Å². The molecule has 0 atom stereocenters. The molecule has 0 amide bonds. The van der Waals surface area contributed by atoms with Gasteiger partial charge in [0.05, 0.1) is 11.6 Å². The van der Waals surface area contributed by atoms with Gasteiger partial charge in [-0.3, -0.25) is 0 Å². The Morgan fingerprint density at radius 2 is 2.12 bits per heavy atom. The van der Waals surface area contributed by atoms with Gasteiger partial charge in [0.25, 0.3) is 0 Å². The molecule has 1 aromatic heterocycles. The third-order valence-corrected chi connectivity index (χ3v) is 2.31. The average Bonchev–Trinajstić information content (AvgIpc) is 2.90. The Morgan fingerprint density at radius 3 is 2.82 bits per heavy atom. The van der Waals surface area contributed by atoms with Crippen molar-refractivity contribution in [2.75, 3.05) is 0 Å². The highest BCUT2D eigenvalue weighted by Gasteiger charge is 2.08. The molecule has 84 valence electrons. The van der Waals surface area contributed by atoms with Gasteiger partial charge in [-0.15, -0.1) is 0 Å². The molecule has 0 saturated carbocycles. The summed E-state index contributed by atoms with van der Waals surface area (Å²) < 4.78 is 5.09. The number of carbonyl (C=O) groups is 1. The van der Waals surface area contributed by atoms with Crippen molar-refractivity contribution in [1.29, 1.82) is 5.26 Å².